The maximum atomic E-state index is 12.2. The van der Waals surface area contributed by atoms with Crippen LogP contribution in [0.25, 0.3) is 0 Å². The van der Waals surface area contributed by atoms with Gasteiger partial charge < -0.3 is 14.8 Å². The first-order chi connectivity index (χ1) is 12.8. The monoisotopic (exact) mass is 409 g/mol. The number of carbonyl (C=O) groups is 4. The SMILES string of the molecule is CCOC(=O)c1c(NC(=O)COC(=O)Cc2ccsc2)sc(C(C)=O)c1C. The van der Waals surface area contributed by atoms with Crippen molar-refractivity contribution in [3.05, 3.63) is 38.4 Å². The van der Waals surface area contributed by atoms with Crippen molar-refractivity contribution in [2.75, 3.05) is 18.5 Å². The maximum absolute atomic E-state index is 12.2. The van der Waals surface area contributed by atoms with Crippen LogP contribution in [0, 0.1) is 6.92 Å². The average Bonchev–Trinajstić information content (AvgIpc) is 3.21. The number of rotatable bonds is 8. The van der Waals surface area contributed by atoms with Crippen molar-refractivity contribution in [1.82, 2.24) is 0 Å². The van der Waals surface area contributed by atoms with Crippen LogP contribution >= 0.6 is 22.7 Å². The number of ether oxygens (including phenoxy) is 2. The van der Waals surface area contributed by atoms with Gasteiger partial charge in [-0.05, 0) is 48.7 Å². The first-order valence-corrected chi connectivity index (χ1v) is 9.87. The molecule has 9 heteroatoms. The van der Waals surface area contributed by atoms with E-state index >= 15 is 0 Å². The number of nitrogens with one attached hydrogen (secondary N) is 1. The van der Waals surface area contributed by atoms with Crippen LogP contribution in [0.15, 0.2) is 16.8 Å². The van der Waals surface area contributed by atoms with Gasteiger partial charge in [0.2, 0.25) is 0 Å². The van der Waals surface area contributed by atoms with E-state index in [1.54, 1.807) is 19.9 Å². The summed E-state index contributed by atoms with van der Waals surface area (Å²) < 4.78 is 9.96. The number of hydrogen-bond donors (Lipinski definition) is 1. The van der Waals surface area contributed by atoms with Gasteiger partial charge in [0.25, 0.3) is 5.91 Å². The molecule has 2 heterocycles. The van der Waals surface area contributed by atoms with Crippen molar-refractivity contribution in [2.24, 2.45) is 0 Å². The first kappa shape index (κ1) is 20.8. The largest absolute Gasteiger partial charge is 0.462 e. The van der Waals surface area contributed by atoms with Crippen molar-refractivity contribution in [3.63, 3.8) is 0 Å². The Morgan fingerprint density at radius 1 is 1.19 bits per heavy atom. The zero-order chi connectivity index (χ0) is 20.0. The van der Waals surface area contributed by atoms with E-state index < -0.39 is 24.5 Å². The molecule has 144 valence electrons. The van der Waals surface area contributed by atoms with Crippen LogP contribution in [0.5, 0.6) is 0 Å². The first-order valence-electron chi connectivity index (χ1n) is 8.11. The predicted molar refractivity (Wildman–Crippen MR) is 103 cm³/mol. The molecule has 0 aliphatic rings. The molecule has 2 aromatic rings. The van der Waals surface area contributed by atoms with Gasteiger partial charge in [-0.3, -0.25) is 14.4 Å². The molecule has 1 amide bonds. The van der Waals surface area contributed by atoms with Gasteiger partial charge in [0.05, 0.1) is 23.5 Å². The summed E-state index contributed by atoms with van der Waals surface area (Å²) >= 11 is 2.46. The minimum Gasteiger partial charge on any atom is -0.462 e. The number of amides is 1. The van der Waals surface area contributed by atoms with E-state index in [0.717, 1.165) is 16.9 Å². The van der Waals surface area contributed by atoms with E-state index in [-0.39, 0.29) is 29.4 Å². The molecule has 2 rings (SSSR count). The lowest BCUT2D eigenvalue weighted by Gasteiger charge is -2.07. The molecule has 7 nitrogen and oxygen atoms in total. The highest BCUT2D eigenvalue weighted by Crippen LogP contribution is 2.34. The molecule has 0 saturated heterocycles. The zero-order valence-electron chi connectivity index (χ0n) is 15.1. The number of esters is 2. The molecule has 0 aliphatic carbocycles. The van der Waals surface area contributed by atoms with Crippen molar-refractivity contribution in [3.8, 4) is 0 Å². The van der Waals surface area contributed by atoms with Crippen LogP contribution in [0.1, 0.15) is 45.0 Å². The summed E-state index contributed by atoms with van der Waals surface area (Å²) in [5.41, 5.74) is 1.41. The molecule has 0 spiro atoms. The Bertz CT molecular complexity index is 854. The number of hydrogen-bond acceptors (Lipinski definition) is 8. The minimum atomic E-state index is -0.622. The Labute approximate surface area is 164 Å². The van der Waals surface area contributed by atoms with Crippen LogP contribution in [0.4, 0.5) is 5.00 Å². The average molecular weight is 409 g/mol. The molecule has 0 bridgehead atoms. The summed E-state index contributed by atoms with van der Waals surface area (Å²) in [7, 11) is 0. The molecule has 0 aliphatic heterocycles. The van der Waals surface area contributed by atoms with Gasteiger partial charge in [-0.25, -0.2) is 4.79 Å². The van der Waals surface area contributed by atoms with Crippen LogP contribution in [0.2, 0.25) is 0 Å². The molecule has 1 N–H and O–H groups in total. The van der Waals surface area contributed by atoms with Crippen molar-refractivity contribution >= 4 is 51.3 Å². The maximum Gasteiger partial charge on any atom is 0.341 e. The molecular weight excluding hydrogens is 390 g/mol. The lowest BCUT2D eigenvalue weighted by atomic mass is 10.1. The van der Waals surface area contributed by atoms with E-state index in [0.29, 0.717) is 10.4 Å². The Balaban J connectivity index is 2.05. The highest BCUT2D eigenvalue weighted by Gasteiger charge is 2.25. The van der Waals surface area contributed by atoms with Gasteiger partial charge in [0.1, 0.15) is 5.00 Å². The molecule has 0 atom stereocenters. The van der Waals surface area contributed by atoms with Gasteiger partial charge in [-0.15, -0.1) is 11.3 Å². The van der Waals surface area contributed by atoms with Crippen LogP contribution < -0.4 is 5.32 Å². The quantitative estimate of drug-likeness (QED) is 0.531. The highest BCUT2D eigenvalue weighted by molar-refractivity contribution is 7.18. The van der Waals surface area contributed by atoms with Crippen LogP contribution in [-0.2, 0) is 25.5 Å². The summed E-state index contributed by atoms with van der Waals surface area (Å²) in [5, 5.41) is 6.40. The molecule has 27 heavy (non-hydrogen) atoms. The summed E-state index contributed by atoms with van der Waals surface area (Å²) in [6.45, 7) is 4.34. The van der Waals surface area contributed by atoms with Crippen molar-refractivity contribution in [1.29, 1.82) is 0 Å². The molecule has 0 aromatic carbocycles. The van der Waals surface area contributed by atoms with Gasteiger partial charge in [-0.1, -0.05) is 0 Å². The van der Waals surface area contributed by atoms with Crippen LogP contribution in [-0.4, -0.2) is 36.8 Å². The Kier molecular flexibility index (Phi) is 7.26. The van der Waals surface area contributed by atoms with E-state index in [1.165, 1.54) is 18.3 Å². The molecular formula is C18H19NO6S2. The number of thiophene rings is 2. The second-order valence-electron chi connectivity index (χ2n) is 5.55. The number of anilines is 1. The summed E-state index contributed by atoms with van der Waals surface area (Å²) in [6, 6.07) is 1.80. The van der Waals surface area contributed by atoms with Crippen molar-refractivity contribution < 1.29 is 28.7 Å². The lowest BCUT2D eigenvalue weighted by molar-refractivity contribution is -0.146. The second kappa shape index (κ2) is 9.43. The van der Waals surface area contributed by atoms with Gasteiger partial charge >= 0.3 is 11.9 Å². The van der Waals surface area contributed by atoms with Gasteiger partial charge in [-0.2, -0.15) is 11.3 Å². The molecule has 0 fully saturated rings. The smallest absolute Gasteiger partial charge is 0.341 e. The Morgan fingerprint density at radius 2 is 1.93 bits per heavy atom. The lowest BCUT2D eigenvalue weighted by Crippen LogP contribution is -2.22. The molecule has 2 aromatic heterocycles. The second-order valence-corrected chi connectivity index (χ2v) is 7.35. The zero-order valence-corrected chi connectivity index (χ0v) is 16.8. The molecule has 0 saturated carbocycles. The topological polar surface area (TPSA) is 98.8 Å². The van der Waals surface area contributed by atoms with E-state index in [1.807, 2.05) is 10.8 Å². The van der Waals surface area contributed by atoms with Gasteiger partial charge in [0, 0.05) is 0 Å². The summed E-state index contributed by atoms with van der Waals surface area (Å²) in [5.74, 6) is -1.97. The number of Topliss-reactive ketones (excluding diaryl/α,β-unsaturated/α-hetero) is 1. The minimum absolute atomic E-state index is 0.0808. The summed E-state index contributed by atoms with van der Waals surface area (Å²) in [6.07, 6.45) is 0.0808. The Hall–Kier alpha value is -2.52. The highest BCUT2D eigenvalue weighted by atomic mass is 32.1. The standard InChI is InChI=1S/C18H19NO6S2/c1-4-24-18(23)15-10(2)16(11(3)20)27-17(15)19-13(21)8-25-14(22)7-12-5-6-26-9-12/h5-6,9H,4,7-8H2,1-3H3,(H,19,21). The fourth-order valence-electron chi connectivity index (χ4n) is 2.31. The van der Waals surface area contributed by atoms with E-state index in [9.17, 15) is 19.2 Å². The third-order valence-corrected chi connectivity index (χ3v) is 5.53. The van der Waals surface area contributed by atoms with E-state index in [2.05, 4.69) is 5.32 Å². The molecule has 0 unspecified atom stereocenters. The predicted octanol–water partition coefficient (Wildman–Crippen LogP) is 3.22. The van der Waals surface area contributed by atoms with Gasteiger partial charge in [0.15, 0.2) is 12.4 Å². The van der Waals surface area contributed by atoms with Crippen molar-refractivity contribution in [2.45, 2.75) is 27.2 Å². The molecule has 0 radical (unpaired) electrons. The third kappa shape index (κ3) is 5.48. The van der Waals surface area contributed by atoms with Crippen LogP contribution in [0.3, 0.4) is 0 Å². The number of ketones is 1. The fourth-order valence-corrected chi connectivity index (χ4v) is 4.08. The normalized spacial score (nSPS) is 10.3. The third-order valence-electron chi connectivity index (χ3n) is 3.49. The Morgan fingerprint density at radius 3 is 2.52 bits per heavy atom. The number of carbonyl (C=O) groups excluding carboxylic acids is 4. The fraction of sp³-hybridized carbons (Fsp3) is 0.333. The summed E-state index contributed by atoms with van der Waals surface area (Å²) in [4.78, 5) is 48.2. The van der Waals surface area contributed by atoms with E-state index in [4.69, 9.17) is 9.47 Å².